The molecule has 11 heteroatoms. The number of methoxy groups -OCH3 is 2. The van der Waals surface area contributed by atoms with Crippen molar-refractivity contribution >= 4 is 40.6 Å². The highest BCUT2D eigenvalue weighted by Crippen LogP contribution is 2.38. The molecular formula is C23H21N3O7S. The molecule has 2 aromatic rings. The molecular weight excluding hydrogens is 462 g/mol. The molecule has 0 saturated carbocycles. The topological polar surface area (TPSA) is 119 Å². The van der Waals surface area contributed by atoms with E-state index in [4.69, 9.17) is 9.47 Å². The number of carbonyl (C=O) groups is 3. The number of nitrogens with zero attached hydrogens (tertiary/aromatic N) is 3. The molecule has 1 saturated heterocycles. The van der Waals surface area contributed by atoms with Crippen LogP contribution in [0.4, 0.5) is 10.5 Å². The van der Waals surface area contributed by atoms with Crippen LogP contribution in [0.3, 0.4) is 0 Å². The lowest BCUT2D eigenvalue weighted by atomic mass is 10.00. The van der Waals surface area contributed by atoms with Gasteiger partial charge in [0.2, 0.25) is 11.7 Å². The zero-order valence-corrected chi connectivity index (χ0v) is 19.3. The Labute approximate surface area is 199 Å². The van der Waals surface area contributed by atoms with E-state index in [-0.39, 0.29) is 40.1 Å². The number of carbonyl (C=O) groups excluding carboxylic acids is 3. The zero-order chi connectivity index (χ0) is 24.4. The van der Waals surface area contributed by atoms with Crippen LogP contribution in [0.1, 0.15) is 16.7 Å². The maximum absolute atomic E-state index is 12.9. The van der Waals surface area contributed by atoms with E-state index in [0.717, 1.165) is 10.5 Å². The van der Waals surface area contributed by atoms with Gasteiger partial charge < -0.3 is 14.4 Å². The van der Waals surface area contributed by atoms with Crippen LogP contribution in [0, 0.1) is 10.1 Å². The van der Waals surface area contributed by atoms with Crippen LogP contribution < -0.4 is 9.47 Å². The molecule has 2 heterocycles. The van der Waals surface area contributed by atoms with E-state index in [9.17, 15) is 24.5 Å². The first kappa shape index (κ1) is 23.3. The van der Waals surface area contributed by atoms with E-state index in [0.29, 0.717) is 31.3 Å². The Morgan fingerprint density at radius 1 is 1.15 bits per heavy atom. The minimum absolute atomic E-state index is 0.000747. The molecule has 0 aromatic heterocycles. The second-order valence-corrected chi connectivity index (χ2v) is 8.62. The molecule has 0 N–H and O–H groups in total. The van der Waals surface area contributed by atoms with Gasteiger partial charge in [-0.05, 0) is 35.4 Å². The highest BCUT2D eigenvalue weighted by atomic mass is 32.2. The summed E-state index contributed by atoms with van der Waals surface area (Å²) < 4.78 is 10.3. The lowest BCUT2D eigenvalue weighted by molar-refractivity contribution is -0.385. The first-order valence-electron chi connectivity index (χ1n) is 10.3. The predicted octanol–water partition coefficient (Wildman–Crippen LogP) is 3.23. The summed E-state index contributed by atoms with van der Waals surface area (Å²) in [6.07, 6.45) is 2.05. The van der Waals surface area contributed by atoms with Crippen LogP contribution >= 0.6 is 11.8 Å². The Morgan fingerprint density at radius 2 is 1.85 bits per heavy atom. The first-order chi connectivity index (χ1) is 16.3. The number of imide groups is 1. The molecule has 0 aliphatic carbocycles. The van der Waals surface area contributed by atoms with Gasteiger partial charge in [-0.2, -0.15) is 0 Å². The van der Waals surface area contributed by atoms with E-state index in [1.54, 1.807) is 4.90 Å². The molecule has 0 unspecified atom stereocenters. The highest BCUT2D eigenvalue weighted by molar-refractivity contribution is 8.18. The van der Waals surface area contributed by atoms with E-state index < -0.39 is 16.1 Å². The van der Waals surface area contributed by atoms with Crippen LogP contribution in [0.2, 0.25) is 0 Å². The molecule has 1 fully saturated rings. The molecule has 4 rings (SSSR count). The third-order valence-electron chi connectivity index (χ3n) is 5.66. The molecule has 2 aliphatic heterocycles. The Kier molecular flexibility index (Phi) is 6.55. The summed E-state index contributed by atoms with van der Waals surface area (Å²) in [5.74, 6) is -0.727. The summed E-state index contributed by atoms with van der Waals surface area (Å²) >= 11 is 0.668. The fraction of sp³-hybridized carbons (Fsp3) is 0.261. The molecule has 2 aliphatic rings. The average molecular weight is 484 g/mol. The summed E-state index contributed by atoms with van der Waals surface area (Å²) in [4.78, 5) is 51.6. The number of thioether (sulfide) groups is 1. The fourth-order valence-corrected chi connectivity index (χ4v) is 4.71. The molecule has 2 aromatic carbocycles. The molecule has 0 spiro atoms. The van der Waals surface area contributed by atoms with E-state index in [1.807, 2.05) is 24.3 Å². The quantitative estimate of drug-likeness (QED) is 0.349. The van der Waals surface area contributed by atoms with Gasteiger partial charge in [0.25, 0.3) is 11.1 Å². The van der Waals surface area contributed by atoms with Crippen molar-refractivity contribution in [3.63, 3.8) is 0 Å². The number of ether oxygens (including phenoxy) is 2. The van der Waals surface area contributed by atoms with Gasteiger partial charge in [0.05, 0.1) is 24.0 Å². The zero-order valence-electron chi connectivity index (χ0n) is 18.5. The second-order valence-electron chi connectivity index (χ2n) is 7.62. The largest absolute Gasteiger partial charge is 0.496 e. The van der Waals surface area contributed by atoms with Gasteiger partial charge >= 0.3 is 5.69 Å². The predicted molar refractivity (Wildman–Crippen MR) is 124 cm³/mol. The molecule has 0 atom stereocenters. The van der Waals surface area contributed by atoms with Gasteiger partial charge in [0, 0.05) is 30.8 Å². The van der Waals surface area contributed by atoms with Crippen molar-refractivity contribution in [2.75, 3.05) is 27.3 Å². The van der Waals surface area contributed by atoms with Crippen molar-refractivity contribution in [3.05, 3.63) is 68.1 Å². The van der Waals surface area contributed by atoms with Gasteiger partial charge in [0.15, 0.2) is 0 Å². The van der Waals surface area contributed by atoms with Crippen LogP contribution in [0.5, 0.6) is 11.5 Å². The van der Waals surface area contributed by atoms with Crippen LogP contribution in [-0.2, 0) is 22.6 Å². The fourth-order valence-electron chi connectivity index (χ4n) is 3.88. The molecule has 3 amide bonds. The van der Waals surface area contributed by atoms with Gasteiger partial charge in [0.1, 0.15) is 12.3 Å². The maximum Gasteiger partial charge on any atom is 0.311 e. The van der Waals surface area contributed by atoms with Crippen molar-refractivity contribution < 1.29 is 28.8 Å². The summed E-state index contributed by atoms with van der Waals surface area (Å²) in [7, 11) is 2.67. The monoisotopic (exact) mass is 483 g/mol. The van der Waals surface area contributed by atoms with Crippen molar-refractivity contribution in [2.24, 2.45) is 0 Å². The minimum atomic E-state index is -0.638. The Hall–Kier alpha value is -3.86. The Morgan fingerprint density at radius 3 is 2.53 bits per heavy atom. The normalized spacial score (nSPS) is 16.6. The highest BCUT2D eigenvalue weighted by Gasteiger charge is 2.38. The van der Waals surface area contributed by atoms with E-state index in [1.165, 1.54) is 38.0 Å². The van der Waals surface area contributed by atoms with Crippen molar-refractivity contribution in [3.8, 4) is 11.5 Å². The molecule has 34 heavy (non-hydrogen) atoms. The first-order valence-corrected chi connectivity index (χ1v) is 11.1. The number of benzene rings is 2. The van der Waals surface area contributed by atoms with Crippen molar-refractivity contribution in [1.29, 1.82) is 0 Å². The molecule has 0 radical (unpaired) electrons. The average Bonchev–Trinajstić information content (AvgIpc) is 3.10. The smallest absolute Gasteiger partial charge is 0.311 e. The number of nitro benzene ring substituents is 1. The number of rotatable bonds is 6. The minimum Gasteiger partial charge on any atom is -0.496 e. The van der Waals surface area contributed by atoms with Crippen molar-refractivity contribution in [2.45, 2.75) is 13.0 Å². The van der Waals surface area contributed by atoms with Crippen LogP contribution in [-0.4, -0.2) is 59.1 Å². The summed E-state index contributed by atoms with van der Waals surface area (Å²) in [6, 6.07) is 10.4. The third-order valence-corrected chi connectivity index (χ3v) is 6.57. The lowest BCUT2D eigenvalue weighted by Gasteiger charge is -2.29. The van der Waals surface area contributed by atoms with E-state index in [2.05, 4.69) is 0 Å². The maximum atomic E-state index is 12.9. The lowest BCUT2D eigenvalue weighted by Crippen LogP contribution is -2.44. The van der Waals surface area contributed by atoms with Crippen LogP contribution in [0.15, 0.2) is 41.3 Å². The van der Waals surface area contributed by atoms with Gasteiger partial charge in [-0.15, -0.1) is 0 Å². The second kappa shape index (κ2) is 9.56. The number of hydrogen-bond donors (Lipinski definition) is 0. The van der Waals surface area contributed by atoms with Gasteiger partial charge in [-0.25, -0.2) is 0 Å². The van der Waals surface area contributed by atoms with E-state index >= 15 is 0 Å². The molecule has 10 nitrogen and oxygen atoms in total. The molecule has 176 valence electrons. The summed E-state index contributed by atoms with van der Waals surface area (Å²) in [6.45, 7) is 0.562. The van der Waals surface area contributed by atoms with Crippen LogP contribution in [0.25, 0.3) is 6.08 Å². The van der Waals surface area contributed by atoms with Gasteiger partial charge in [-0.1, -0.05) is 24.3 Å². The summed E-state index contributed by atoms with van der Waals surface area (Å²) in [5.41, 5.74) is 2.15. The van der Waals surface area contributed by atoms with Gasteiger partial charge in [-0.3, -0.25) is 29.4 Å². The number of amides is 3. The third kappa shape index (κ3) is 4.46. The molecule has 0 bridgehead atoms. The summed E-state index contributed by atoms with van der Waals surface area (Å²) in [5, 5.41) is 10.8. The number of nitro groups is 1. The van der Waals surface area contributed by atoms with Crippen molar-refractivity contribution in [1.82, 2.24) is 9.80 Å². The standard InChI is InChI=1S/C23H21N3O7S/c1-32-18-11-19(33-2)17(26(30)31)9-16(18)10-20-22(28)25(23(29)34-20)13-21(27)24-8-7-14-5-3-4-6-15(14)12-24/h3-6,9-11H,7-8,12-13H2,1-2H3. The SMILES string of the molecule is COc1cc(OC)c([N+](=O)[O-])cc1C=C1SC(=O)N(CC(=O)N2CCc3ccccc3C2)C1=O. The number of fused-ring (bicyclic) bond motifs is 1. The Bertz CT molecular complexity index is 1230. The Balaban J connectivity index is 1.54. The number of hydrogen-bond acceptors (Lipinski definition) is 8.